The molecule has 1 aliphatic rings. The normalized spacial score (nSPS) is 19.6. The Hall–Kier alpha value is -1.85. The Balaban J connectivity index is 1.90. The molecule has 1 aromatic carbocycles. The van der Waals surface area contributed by atoms with Gasteiger partial charge in [0.2, 0.25) is 0 Å². The Kier molecular flexibility index (Phi) is 4.88. The molecular formula is C16H24F2N4. The molecule has 0 aromatic heterocycles. The standard InChI is InChI=1S/C16H24F2N4/c1-16(2,3)21-15(19)20-9-11-6-7-22(10-11)12-4-5-13(17)14(18)8-12/h4-5,8,11H,6-7,9-10H2,1-3H3,(H3,19,20,21). The summed E-state index contributed by atoms with van der Waals surface area (Å²) in [6.45, 7) is 8.30. The van der Waals surface area contributed by atoms with Gasteiger partial charge in [0.25, 0.3) is 0 Å². The second-order valence-electron chi connectivity index (χ2n) is 6.80. The largest absolute Gasteiger partial charge is 0.371 e. The van der Waals surface area contributed by atoms with E-state index in [1.807, 2.05) is 20.8 Å². The maximum atomic E-state index is 13.3. The molecule has 1 aliphatic heterocycles. The molecule has 0 saturated carbocycles. The Morgan fingerprint density at radius 3 is 2.73 bits per heavy atom. The van der Waals surface area contributed by atoms with Gasteiger partial charge in [0, 0.05) is 36.9 Å². The van der Waals surface area contributed by atoms with Gasteiger partial charge in [0.15, 0.2) is 17.6 Å². The maximum absolute atomic E-state index is 13.3. The number of nitrogens with zero attached hydrogens (tertiary/aromatic N) is 2. The quantitative estimate of drug-likeness (QED) is 0.666. The Morgan fingerprint density at radius 2 is 2.09 bits per heavy atom. The monoisotopic (exact) mass is 310 g/mol. The Labute approximate surface area is 130 Å². The highest BCUT2D eigenvalue weighted by Crippen LogP contribution is 2.25. The smallest absolute Gasteiger partial charge is 0.188 e. The maximum Gasteiger partial charge on any atom is 0.188 e. The van der Waals surface area contributed by atoms with Crippen molar-refractivity contribution in [3.8, 4) is 0 Å². The fourth-order valence-electron chi connectivity index (χ4n) is 2.55. The zero-order valence-electron chi connectivity index (χ0n) is 13.4. The van der Waals surface area contributed by atoms with Crippen LogP contribution in [0.5, 0.6) is 0 Å². The zero-order chi connectivity index (χ0) is 16.3. The molecule has 6 heteroatoms. The molecule has 122 valence electrons. The summed E-state index contributed by atoms with van der Waals surface area (Å²) < 4.78 is 26.3. The van der Waals surface area contributed by atoms with Crippen molar-refractivity contribution in [3.05, 3.63) is 29.8 Å². The number of hydrogen-bond acceptors (Lipinski definition) is 2. The van der Waals surface area contributed by atoms with Gasteiger partial charge in [0.1, 0.15) is 0 Å². The minimum Gasteiger partial charge on any atom is -0.371 e. The van der Waals surface area contributed by atoms with E-state index in [0.29, 0.717) is 24.1 Å². The van der Waals surface area contributed by atoms with E-state index in [9.17, 15) is 8.78 Å². The Bertz CT molecular complexity index is 552. The minimum atomic E-state index is -0.815. The molecule has 4 nitrogen and oxygen atoms in total. The van der Waals surface area contributed by atoms with E-state index in [1.165, 1.54) is 12.1 Å². The third-order valence-corrected chi connectivity index (χ3v) is 3.58. The first-order valence-corrected chi connectivity index (χ1v) is 7.53. The van der Waals surface area contributed by atoms with Crippen molar-refractivity contribution in [3.63, 3.8) is 0 Å². The molecule has 1 saturated heterocycles. The molecule has 1 aromatic rings. The van der Waals surface area contributed by atoms with Gasteiger partial charge >= 0.3 is 0 Å². The first-order chi connectivity index (χ1) is 10.2. The van der Waals surface area contributed by atoms with Crippen LogP contribution in [0.15, 0.2) is 23.2 Å². The number of halogens is 2. The van der Waals surface area contributed by atoms with E-state index >= 15 is 0 Å². The van der Waals surface area contributed by atoms with Crippen molar-refractivity contribution in [2.24, 2.45) is 16.6 Å². The average Bonchev–Trinajstić information content (AvgIpc) is 2.86. The number of hydrogen-bond donors (Lipinski definition) is 2. The lowest BCUT2D eigenvalue weighted by Crippen LogP contribution is -2.45. The third-order valence-electron chi connectivity index (χ3n) is 3.58. The highest BCUT2D eigenvalue weighted by atomic mass is 19.2. The number of guanidine groups is 1. The van der Waals surface area contributed by atoms with Crippen LogP contribution in [0.25, 0.3) is 0 Å². The molecule has 1 fully saturated rings. The average molecular weight is 310 g/mol. The van der Waals surface area contributed by atoms with Crippen LogP contribution < -0.4 is 16.0 Å². The SMILES string of the molecule is CC(C)(C)NC(N)=NCC1CCN(c2ccc(F)c(F)c2)C1. The van der Waals surface area contributed by atoms with Gasteiger partial charge in [-0.3, -0.25) is 4.99 Å². The summed E-state index contributed by atoms with van der Waals surface area (Å²) in [7, 11) is 0. The molecule has 0 spiro atoms. The molecule has 0 amide bonds. The lowest BCUT2D eigenvalue weighted by Gasteiger charge is -2.21. The van der Waals surface area contributed by atoms with Crippen LogP contribution in [-0.4, -0.2) is 31.1 Å². The second-order valence-corrected chi connectivity index (χ2v) is 6.80. The minimum absolute atomic E-state index is 0.110. The topological polar surface area (TPSA) is 53.6 Å². The van der Waals surface area contributed by atoms with Crippen LogP contribution in [0.2, 0.25) is 0 Å². The van der Waals surface area contributed by atoms with Gasteiger partial charge in [-0.25, -0.2) is 8.78 Å². The van der Waals surface area contributed by atoms with Crippen LogP contribution in [0, 0.1) is 17.6 Å². The number of aliphatic imine (C=N–C) groups is 1. The van der Waals surface area contributed by atoms with E-state index < -0.39 is 11.6 Å². The number of nitrogens with two attached hydrogens (primary N) is 1. The molecule has 0 radical (unpaired) electrons. The fourth-order valence-corrected chi connectivity index (χ4v) is 2.55. The molecule has 22 heavy (non-hydrogen) atoms. The predicted molar refractivity (Wildman–Crippen MR) is 86.1 cm³/mol. The van der Waals surface area contributed by atoms with E-state index in [0.717, 1.165) is 19.5 Å². The van der Waals surface area contributed by atoms with E-state index in [-0.39, 0.29) is 5.54 Å². The van der Waals surface area contributed by atoms with Crippen molar-refractivity contribution < 1.29 is 8.78 Å². The summed E-state index contributed by atoms with van der Waals surface area (Å²) >= 11 is 0. The summed E-state index contributed by atoms with van der Waals surface area (Å²) in [6, 6.07) is 4.03. The lowest BCUT2D eigenvalue weighted by molar-refractivity contribution is 0.505. The van der Waals surface area contributed by atoms with Crippen LogP contribution in [0.3, 0.4) is 0 Å². The summed E-state index contributed by atoms with van der Waals surface area (Å²) in [5, 5.41) is 3.12. The van der Waals surface area contributed by atoms with Crippen LogP contribution in [0.4, 0.5) is 14.5 Å². The summed E-state index contributed by atoms with van der Waals surface area (Å²) in [5.41, 5.74) is 6.46. The highest BCUT2D eigenvalue weighted by Gasteiger charge is 2.23. The van der Waals surface area contributed by atoms with Crippen molar-refractivity contribution in [2.45, 2.75) is 32.7 Å². The van der Waals surface area contributed by atoms with Crippen LogP contribution in [-0.2, 0) is 0 Å². The molecule has 0 aliphatic carbocycles. The van der Waals surface area contributed by atoms with Crippen LogP contribution >= 0.6 is 0 Å². The Morgan fingerprint density at radius 1 is 1.36 bits per heavy atom. The van der Waals surface area contributed by atoms with Crippen molar-refractivity contribution in [1.29, 1.82) is 0 Å². The molecule has 1 heterocycles. The van der Waals surface area contributed by atoms with Crippen LogP contribution in [0.1, 0.15) is 27.2 Å². The van der Waals surface area contributed by atoms with E-state index in [4.69, 9.17) is 5.73 Å². The van der Waals surface area contributed by atoms with Gasteiger partial charge in [-0.05, 0) is 45.2 Å². The number of anilines is 1. The first-order valence-electron chi connectivity index (χ1n) is 7.53. The summed E-state index contributed by atoms with van der Waals surface area (Å²) in [6.07, 6.45) is 0.964. The lowest BCUT2D eigenvalue weighted by atomic mass is 10.1. The summed E-state index contributed by atoms with van der Waals surface area (Å²) in [5.74, 6) is -0.810. The van der Waals surface area contributed by atoms with Crippen molar-refractivity contribution in [2.75, 3.05) is 24.5 Å². The number of benzene rings is 1. The third kappa shape index (κ3) is 4.58. The van der Waals surface area contributed by atoms with Gasteiger partial charge in [-0.15, -0.1) is 0 Å². The summed E-state index contributed by atoms with van der Waals surface area (Å²) in [4.78, 5) is 6.43. The number of nitrogens with one attached hydrogen (secondary N) is 1. The molecule has 0 bridgehead atoms. The molecule has 1 atom stereocenters. The molecular weight excluding hydrogens is 286 g/mol. The molecule has 2 rings (SSSR count). The van der Waals surface area contributed by atoms with Gasteiger partial charge in [-0.2, -0.15) is 0 Å². The second kappa shape index (κ2) is 6.50. The van der Waals surface area contributed by atoms with E-state index in [2.05, 4.69) is 15.2 Å². The highest BCUT2D eigenvalue weighted by molar-refractivity contribution is 5.78. The predicted octanol–water partition coefficient (Wildman–Crippen LogP) is 2.49. The molecule has 1 unspecified atom stereocenters. The number of rotatable bonds is 3. The van der Waals surface area contributed by atoms with Crippen molar-refractivity contribution in [1.82, 2.24) is 5.32 Å². The fraction of sp³-hybridized carbons (Fsp3) is 0.562. The van der Waals surface area contributed by atoms with Gasteiger partial charge < -0.3 is 16.0 Å². The zero-order valence-corrected chi connectivity index (χ0v) is 13.4. The molecule has 3 N–H and O–H groups in total. The van der Waals surface area contributed by atoms with Gasteiger partial charge in [0.05, 0.1) is 0 Å². The first kappa shape index (κ1) is 16.5. The van der Waals surface area contributed by atoms with Crippen molar-refractivity contribution >= 4 is 11.6 Å². The van der Waals surface area contributed by atoms with E-state index in [1.54, 1.807) is 6.07 Å². The van der Waals surface area contributed by atoms with Gasteiger partial charge in [-0.1, -0.05) is 0 Å².